The van der Waals surface area contributed by atoms with Gasteiger partial charge < -0.3 is 0 Å². The molecule has 0 radical (unpaired) electrons. The number of pyridine rings is 12. The molecule has 0 amide bonds. The molecule has 0 atom stereocenters. The summed E-state index contributed by atoms with van der Waals surface area (Å²) < 4.78 is 9.27. The Balaban J connectivity index is 0.0000000829. The Morgan fingerprint density at radius 1 is 0.164 bits per heavy atom. The molecule has 0 aliphatic heterocycles. The first-order valence-corrected chi connectivity index (χ1v) is 48.2. The lowest BCUT2D eigenvalue weighted by Gasteiger charge is -2.09. The summed E-state index contributed by atoms with van der Waals surface area (Å²) in [5, 5.41) is 11.2. The number of rotatable bonds is 0. The van der Waals surface area contributed by atoms with Crippen LogP contribution >= 0.6 is 0 Å². The number of imidazole rings is 4. The van der Waals surface area contributed by atoms with Gasteiger partial charge in [0.25, 0.3) is 0 Å². The van der Waals surface area contributed by atoms with Crippen molar-refractivity contribution in [3.05, 3.63) is 431 Å². The van der Waals surface area contributed by atoms with Crippen LogP contribution in [0.5, 0.6) is 0 Å². The molecule has 36 rings (SSSR count). The Hall–Kier alpha value is -18.3. The number of benzene rings is 12. The van der Waals surface area contributed by atoms with Crippen molar-refractivity contribution in [1.29, 1.82) is 0 Å². The van der Waals surface area contributed by atoms with Crippen molar-refractivity contribution in [2.75, 3.05) is 0 Å². The van der Waals surface area contributed by atoms with Crippen molar-refractivity contribution in [3.8, 4) is 89.0 Å². The minimum atomic E-state index is 0.901. The van der Waals surface area contributed by atoms with Crippen molar-refractivity contribution in [3.63, 3.8) is 0 Å². The summed E-state index contributed by atoms with van der Waals surface area (Å²) in [4.78, 5) is 56.8. The summed E-state index contributed by atoms with van der Waals surface area (Å²) in [5.74, 6) is 0. The van der Waals surface area contributed by atoms with E-state index in [4.69, 9.17) is 29.9 Å². The minimum absolute atomic E-state index is 0.901. The average molecular weight is 1790 g/mol. The minimum Gasteiger partial charge on any atom is -0.290 e. The third-order valence-electron chi connectivity index (χ3n) is 32.2. The van der Waals surface area contributed by atoms with Gasteiger partial charge in [0.05, 0.1) is 96.5 Å². The molecule has 140 heavy (non-hydrogen) atoms. The smallest absolute Gasteiger partial charge is 0.165 e. The lowest BCUT2D eigenvalue weighted by molar-refractivity contribution is 1.16. The van der Waals surface area contributed by atoms with Gasteiger partial charge in [-0.25, -0.2) is 19.9 Å². The van der Waals surface area contributed by atoms with Gasteiger partial charge in [-0.15, -0.1) is 0 Å². The lowest BCUT2D eigenvalue weighted by atomic mass is 9.96. The molecule has 0 unspecified atom stereocenters. The quantitative estimate of drug-likeness (QED) is 0.132. The van der Waals surface area contributed by atoms with Gasteiger partial charge in [0.15, 0.2) is 5.65 Å². The molecule has 0 bridgehead atoms. The molecule has 16 nitrogen and oxygen atoms in total. The molecule has 0 spiro atoms. The van der Waals surface area contributed by atoms with Gasteiger partial charge in [0.1, 0.15) is 22.5 Å². The highest BCUT2D eigenvalue weighted by atomic mass is 15.1. The maximum Gasteiger partial charge on any atom is 0.165 e. The van der Waals surface area contributed by atoms with Crippen LogP contribution in [0.2, 0.25) is 0 Å². The Labute approximate surface area is 796 Å². The van der Waals surface area contributed by atoms with Gasteiger partial charge >= 0.3 is 0 Å². The predicted octanol–water partition coefficient (Wildman–Crippen LogP) is 26.9. The fraction of sp³-hybridized carbons (Fsp3) is 0.0645. The summed E-state index contributed by atoms with van der Waals surface area (Å²) in [6, 6.07) is 92.5. The Bertz CT molecular complexity index is 9460. The highest BCUT2D eigenvalue weighted by molar-refractivity contribution is 6.19. The first-order valence-electron chi connectivity index (χ1n) is 48.2. The van der Waals surface area contributed by atoms with Crippen LogP contribution in [0.4, 0.5) is 0 Å². The van der Waals surface area contributed by atoms with Gasteiger partial charge in [-0.05, 0) is 288 Å². The van der Waals surface area contributed by atoms with Crippen LogP contribution in [-0.2, 0) is 51.4 Å². The molecule has 8 aliphatic carbocycles. The molecule has 0 saturated carbocycles. The van der Waals surface area contributed by atoms with Gasteiger partial charge in [0, 0.05) is 136 Å². The molecular formula is C124H72N16. The summed E-state index contributed by atoms with van der Waals surface area (Å²) in [6.07, 6.45) is 34.4. The molecule has 16 heterocycles. The van der Waals surface area contributed by atoms with Crippen LogP contribution in [0, 0.1) is 0 Å². The molecule has 16 heteroatoms. The van der Waals surface area contributed by atoms with Crippen LogP contribution in [0.3, 0.4) is 0 Å². The topological polar surface area (TPSA) is 172 Å². The summed E-state index contributed by atoms with van der Waals surface area (Å²) in [5.41, 5.74) is 63.8. The van der Waals surface area contributed by atoms with Crippen molar-refractivity contribution < 1.29 is 0 Å². The third-order valence-corrected chi connectivity index (χ3v) is 32.2. The van der Waals surface area contributed by atoms with E-state index in [-0.39, 0.29) is 0 Å². The summed E-state index contributed by atoms with van der Waals surface area (Å²) in [6.45, 7) is 0. The number of fused-ring (bicyclic) bond motifs is 64. The summed E-state index contributed by atoms with van der Waals surface area (Å²) >= 11 is 0. The normalized spacial score (nSPS) is 13.5. The second-order valence-electron chi connectivity index (χ2n) is 38.6. The van der Waals surface area contributed by atoms with E-state index in [9.17, 15) is 0 Å². The van der Waals surface area contributed by atoms with E-state index in [1.807, 2.05) is 98.9 Å². The van der Waals surface area contributed by atoms with E-state index in [2.05, 4.69) is 290 Å². The first-order chi connectivity index (χ1) is 69.5. The Morgan fingerprint density at radius 2 is 0.436 bits per heavy atom. The lowest BCUT2D eigenvalue weighted by Crippen LogP contribution is -1.96. The number of nitrogens with zero attached hydrogens (tertiary/aromatic N) is 16. The van der Waals surface area contributed by atoms with Gasteiger partial charge in [-0.3, -0.25) is 57.5 Å². The standard InChI is InChI=1S/4C31H18N4/c1-2-5-18-17(4-1)14-24-19(18)7-8-20-21-9-10-27-30(26(21)15-25(20)24)35-28-16-32-13-11-22(28)29-23(31(35)34-27)6-3-12-33-29;1-2-5-18-17(4-1)14-24-19(18)7-8-20-21-9-10-27-30(26(21)15-25(20)24)35-28-16-32-13-11-22(28)23-6-3-12-33-29(23)31(35)34-27;1-2-4-18-17(3-1)13-24-19(18)5-6-20-21-7-8-28-30(26(21)14-25(20)24)35-29-16-33-11-9-22(29)27-15-32-12-10-23(27)31(35)34-28;1-2-4-18-17(3-1)13-24-19(18)5-6-20-21-7-8-28-30(26(21)14-25(20)24)35-29-16-33-12-10-23(29)22-9-11-32-15-27(22)31(35)34-28/h2*1-13,16H,14-15H2;2*1-12,15-16H,13-14H2. The van der Waals surface area contributed by atoms with Gasteiger partial charge in [-0.1, -0.05) is 176 Å². The fourth-order valence-corrected chi connectivity index (χ4v) is 26.3. The molecule has 0 N–H and O–H groups in total. The highest BCUT2D eigenvalue weighted by Gasteiger charge is 2.38. The predicted molar refractivity (Wildman–Crippen MR) is 559 cm³/mol. The van der Waals surface area contributed by atoms with Crippen LogP contribution in [0.1, 0.15) is 89.0 Å². The zero-order valence-corrected chi connectivity index (χ0v) is 75.1. The highest BCUT2D eigenvalue weighted by Crippen LogP contribution is 2.56. The largest absolute Gasteiger partial charge is 0.290 e. The van der Waals surface area contributed by atoms with E-state index in [0.29, 0.717) is 0 Å². The molecule has 28 aromatic rings. The van der Waals surface area contributed by atoms with E-state index >= 15 is 0 Å². The fourth-order valence-electron chi connectivity index (χ4n) is 26.3. The molecular weight excluding hydrogens is 1710 g/mol. The van der Waals surface area contributed by atoms with Gasteiger partial charge in [-0.2, -0.15) is 0 Å². The molecule has 12 aromatic carbocycles. The van der Waals surface area contributed by atoms with E-state index in [0.717, 1.165) is 178 Å². The second-order valence-corrected chi connectivity index (χ2v) is 38.6. The first kappa shape index (κ1) is 75.1. The SMILES string of the molecule is c1ccc2c(c1)Cc1c-2ccc2c1Cc1c-2ccc2nc3c4cccnc4c4ccncc4n3c12.c1ccc2c(c1)Cc1c-2ccc2c1Cc1c-2ccc2nc3c4ccncc4c4ccncc4n3c12.c1ccc2c(c1)Cc1c-2ccc2c1Cc1c-2ccc2nc3c4cnccc4c4ccncc4n3c12.c1ccc2c(c1)Cc1c-2ccc2c1Cc1c-2ccc2nc3c4ncccc4c4ccncc4n3c12. The van der Waals surface area contributed by atoms with Crippen LogP contribution in [-0.4, -0.2) is 77.4 Å². The maximum atomic E-state index is 5.15. The maximum absolute atomic E-state index is 5.15. The zero-order valence-electron chi connectivity index (χ0n) is 75.1. The monoisotopic (exact) mass is 1780 g/mol. The molecule has 8 aliphatic rings. The van der Waals surface area contributed by atoms with Gasteiger partial charge in [0.2, 0.25) is 0 Å². The van der Waals surface area contributed by atoms with Crippen molar-refractivity contribution in [2.45, 2.75) is 51.4 Å². The van der Waals surface area contributed by atoms with Crippen molar-refractivity contribution in [1.82, 2.24) is 77.4 Å². The Kier molecular flexibility index (Phi) is 14.9. The molecule has 16 aromatic heterocycles. The van der Waals surface area contributed by atoms with Crippen LogP contribution in [0.25, 0.3) is 243 Å². The van der Waals surface area contributed by atoms with Crippen LogP contribution < -0.4 is 0 Å². The van der Waals surface area contributed by atoms with Crippen molar-refractivity contribution in [2.24, 2.45) is 0 Å². The summed E-state index contributed by atoms with van der Waals surface area (Å²) in [7, 11) is 0. The number of hydrogen-bond acceptors (Lipinski definition) is 12. The second kappa shape index (κ2) is 27.7. The molecule has 648 valence electrons. The third kappa shape index (κ3) is 10.1. The number of hydrogen-bond donors (Lipinski definition) is 0. The van der Waals surface area contributed by atoms with E-state index in [1.165, 1.54) is 205 Å². The Morgan fingerprint density at radius 3 is 0.843 bits per heavy atom. The molecule has 0 fully saturated rings. The molecule has 0 saturated heterocycles. The van der Waals surface area contributed by atoms with E-state index in [1.54, 1.807) is 0 Å². The van der Waals surface area contributed by atoms with Crippen LogP contribution in [0.15, 0.2) is 342 Å². The average Bonchev–Trinajstić information content (AvgIpc) is 1.55. The zero-order chi connectivity index (χ0) is 90.7. The van der Waals surface area contributed by atoms with E-state index < -0.39 is 0 Å². The number of aromatic nitrogens is 16. The van der Waals surface area contributed by atoms with Crippen molar-refractivity contribution >= 4 is 154 Å².